The zero-order valence-electron chi connectivity index (χ0n) is 8.18. The standard InChI is InChI=1S/C11H11N3O/c15-10(8-4-5-8)13-11-12-7-9-3-1-2-6-14(9)11/h1-3,6-8H,4-5H2,(H,12,13,15). The van der Waals surface area contributed by atoms with Crippen molar-refractivity contribution in [3.63, 3.8) is 0 Å². The monoisotopic (exact) mass is 201 g/mol. The van der Waals surface area contributed by atoms with E-state index in [-0.39, 0.29) is 11.8 Å². The summed E-state index contributed by atoms with van der Waals surface area (Å²) < 4.78 is 1.88. The summed E-state index contributed by atoms with van der Waals surface area (Å²) in [5, 5.41) is 2.84. The zero-order chi connectivity index (χ0) is 10.3. The van der Waals surface area contributed by atoms with Crippen molar-refractivity contribution >= 4 is 17.4 Å². The molecule has 2 aromatic heterocycles. The molecule has 1 N–H and O–H groups in total. The van der Waals surface area contributed by atoms with Gasteiger partial charge in [-0.1, -0.05) is 6.07 Å². The zero-order valence-corrected chi connectivity index (χ0v) is 8.18. The van der Waals surface area contributed by atoms with Crippen LogP contribution in [0.15, 0.2) is 30.6 Å². The summed E-state index contributed by atoms with van der Waals surface area (Å²) in [6, 6.07) is 5.82. The fourth-order valence-corrected chi connectivity index (χ4v) is 1.59. The van der Waals surface area contributed by atoms with Crippen LogP contribution in [0.1, 0.15) is 12.8 Å². The molecule has 0 atom stereocenters. The Balaban J connectivity index is 1.93. The SMILES string of the molecule is O=C(Nc1ncc2ccccn12)C1CC1. The largest absolute Gasteiger partial charge is 0.295 e. The molecule has 1 fully saturated rings. The highest BCUT2D eigenvalue weighted by Gasteiger charge is 2.30. The van der Waals surface area contributed by atoms with E-state index in [0.29, 0.717) is 5.95 Å². The van der Waals surface area contributed by atoms with Crippen LogP contribution in [0.5, 0.6) is 0 Å². The van der Waals surface area contributed by atoms with Crippen molar-refractivity contribution < 1.29 is 4.79 Å². The summed E-state index contributed by atoms with van der Waals surface area (Å²) in [5.74, 6) is 0.912. The van der Waals surface area contributed by atoms with Gasteiger partial charge in [0.05, 0.1) is 11.7 Å². The van der Waals surface area contributed by atoms with E-state index in [2.05, 4.69) is 10.3 Å². The molecule has 0 saturated heterocycles. The summed E-state index contributed by atoms with van der Waals surface area (Å²) in [6.07, 6.45) is 5.66. The van der Waals surface area contributed by atoms with Gasteiger partial charge in [0.2, 0.25) is 11.9 Å². The molecule has 0 bridgehead atoms. The van der Waals surface area contributed by atoms with Crippen LogP contribution < -0.4 is 5.32 Å². The normalized spacial score (nSPS) is 15.5. The average molecular weight is 201 g/mol. The Morgan fingerprint density at radius 3 is 3.13 bits per heavy atom. The number of hydrogen-bond acceptors (Lipinski definition) is 2. The summed E-state index contributed by atoms with van der Waals surface area (Å²) in [5.41, 5.74) is 0.989. The molecule has 1 aliphatic carbocycles. The van der Waals surface area contributed by atoms with Gasteiger partial charge in [-0.2, -0.15) is 0 Å². The molecule has 15 heavy (non-hydrogen) atoms. The van der Waals surface area contributed by atoms with Crippen molar-refractivity contribution in [3.8, 4) is 0 Å². The van der Waals surface area contributed by atoms with Gasteiger partial charge >= 0.3 is 0 Å². The quantitative estimate of drug-likeness (QED) is 0.803. The lowest BCUT2D eigenvalue weighted by atomic mass is 10.4. The highest BCUT2D eigenvalue weighted by Crippen LogP contribution is 2.30. The van der Waals surface area contributed by atoms with Crippen LogP contribution >= 0.6 is 0 Å². The Kier molecular flexibility index (Phi) is 1.74. The fourth-order valence-electron chi connectivity index (χ4n) is 1.59. The molecule has 0 aliphatic heterocycles. The predicted octanol–water partition coefficient (Wildman–Crippen LogP) is 1.68. The summed E-state index contributed by atoms with van der Waals surface area (Å²) in [6.45, 7) is 0. The maximum Gasteiger partial charge on any atom is 0.229 e. The molecule has 1 aliphatic rings. The topological polar surface area (TPSA) is 46.4 Å². The van der Waals surface area contributed by atoms with Gasteiger partial charge < -0.3 is 0 Å². The predicted molar refractivity (Wildman–Crippen MR) is 56.5 cm³/mol. The van der Waals surface area contributed by atoms with E-state index >= 15 is 0 Å². The van der Waals surface area contributed by atoms with E-state index in [9.17, 15) is 4.79 Å². The second-order valence-electron chi connectivity index (χ2n) is 3.84. The number of hydrogen-bond donors (Lipinski definition) is 1. The van der Waals surface area contributed by atoms with E-state index in [0.717, 1.165) is 18.4 Å². The second kappa shape index (κ2) is 3.08. The summed E-state index contributed by atoms with van der Waals surface area (Å²) in [7, 11) is 0. The lowest BCUT2D eigenvalue weighted by Crippen LogP contribution is -2.15. The van der Waals surface area contributed by atoms with Gasteiger partial charge in [-0.05, 0) is 25.0 Å². The van der Waals surface area contributed by atoms with Gasteiger partial charge in [-0.3, -0.25) is 14.5 Å². The molecule has 2 aromatic rings. The van der Waals surface area contributed by atoms with Crippen molar-refractivity contribution in [1.29, 1.82) is 0 Å². The Morgan fingerprint density at radius 2 is 2.33 bits per heavy atom. The van der Waals surface area contributed by atoms with Gasteiger partial charge in [0, 0.05) is 12.1 Å². The Hall–Kier alpha value is -1.84. The number of carbonyl (C=O) groups excluding carboxylic acids is 1. The minimum Gasteiger partial charge on any atom is -0.295 e. The Labute approximate surface area is 86.9 Å². The maximum absolute atomic E-state index is 11.6. The molecule has 4 heteroatoms. The second-order valence-corrected chi connectivity index (χ2v) is 3.84. The van der Waals surface area contributed by atoms with E-state index in [1.165, 1.54) is 0 Å². The van der Waals surface area contributed by atoms with Crippen LogP contribution in [-0.2, 0) is 4.79 Å². The first-order chi connectivity index (χ1) is 7.34. The van der Waals surface area contributed by atoms with Crippen molar-refractivity contribution in [2.45, 2.75) is 12.8 Å². The summed E-state index contributed by atoms with van der Waals surface area (Å²) >= 11 is 0. The highest BCUT2D eigenvalue weighted by molar-refractivity contribution is 5.93. The molecule has 0 spiro atoms. The van der Waals surface area contributed by atoms with Gasteiger partial charge in [0.25, 0.3) is 0 Å². The number of pyridine rings is 1. The first-order valence-electron chi connectivity index (χ1n) is 5.07. The van der Waals surface area contributed by atoms with E-state index in [1.807, 2.05) is 28.8 Å². The molecule has 4 nitrogen and oxygen atoms in total. The molecule has 76 valence electrons. The highest BCUT2D eigenvalue weighted by atomic mass is 16.2. The van der Waals surface area contributed by atoms with Crippen molar-refractivity contribution in [2.24, 2.45) is 5.92 Å². The lowest BCUT2D eigenvalue weighted by Gasteiger charge is -2.02. The number of anilines is 1. The first-order valence-corrected chi connectivity index (χ1v) is 5.07. The summed E-state index contributed by atoms with van der Waals surface area (Å²) in [4.78, 5) is 15.7. The van der Waals surface area contributed by atoms with Gasteiger partial charge in [0.15, 0.2) is 0 Å². The van der Waals surface area contributed by atoms with E-state index in [4.69, 9.17) is 0 Å². The van der Waals surface area contributed by atoms with Crippen LogP contribution in [0.25, 0.3) is 5.52 Å². The van der Waals surface area contributed by atoms with Crippen molar-refractivity contribution in [3.05, 3.63) is 30.6 Å². The molecule has 0 radical (unpaired) electrons. The maximum atomic E-state index is 11.6. The van der Waals surface area contributed by atoms with Gasteiger partial charge in [-0.15, -0.1) is 0 Å². The number of imidazole rings is 1. The Bertz CT molecular complexity index is 513. The number of rotatable bonds is 2. The minimum atomic E-state index is 0.0892. The van der Waals surface area contributed by atoms with Crippen molar-refractivity contribution in [2.75, 3.05) is 5.32 Å². The number of fused-ring (bicyclic) bond motifs is 1. The molecule has 0 aromatic carbocycles. The molecule has 2 heterocycles. The third kappa shape index (κ3) is 1.48. The van der Waals surface area contributed by atoms with Crippen LogP contribution in [0.4, 0.5) is 5.95 Å². The van der Waals surface area contributed by atoms with Gasteiger partial charge in [-0.25, -0.2) is 4.98 Å². The number of amides is 1. The van der Waals surface area contributed by atoms with E-state index < -0.39 is 0 Å². The van der Waals surface area contributed by atoms with Crippen LogP contribution in [0.3, 0.4) is 0 Å². The van der Waals surface area contributed by atoms with Crippen LogP contribution in [-0.4, -0.2) is 15.3 Å². The minimum absolute atomic E-state index is 0.0892. The number of nitrogens with one attached hydrogen (secondary N) is 1. The fraction of sp³-hybridized carbons (Fsp3) is 0.273. The molecular formula is C11H11N3O. The number of aromatic nitrogens is 2. The third-order valence-corrected chi connectivity index (χ3v) is 2.62. The van der Waals surface area contributed by atoms with Crippen LogP contribution in [0, 0.1) is 5.92 Å². The van der Waals surface area contributed by atoms with E-state index in [1.54, 1.807) is 6.20 Å². The Morgan fingerprint density at radius 1 is 1.47 bits per heavy atom. The molecule has 0 unspecified atom stereocenters. The van der Waals surface area contributed by atoms with Crippen molar-refractivity contribution in [1.82, 2.24) is 9.38 Å². The third-order valence-electron chi connectivity index (χ3n) is 2.62. The number of nitrogens with zero attached hydrogens (tertiary/aromatic N) is 2. The lowest BCUT2D eigenvalue weighted by molar-refractivity contribution is -0.117. The van der Waals surface area contributed by atoms with Crippen LogP contribution in [0.2, 0.25) is 0 Å². The van der Waals surface area contributed by atoms with Gasteiger partial charge in [0.1, 0.15) is 0 Å². The average Bonchev–Trinajstić information content (AvgIpc) is 3.03. The first kappa shape index (κ1) is 8.47. The molecule has 1 saturated carbocycles. The molecule has 1 amide bonds. The molecular weight excluding hydrogens is 190 g/mol. The smallest absolute Gasteiger partial charge is 0.229 e. The molecule has 3 rings (SSSR count). The number of carbonyl (C=O) groups is 1.